The van der Waals surface area contributed by atoms with E-state index in [1.54, 1.807) is 4.90 Å². The first-order valence-electron chi connectivity index (χ1n) is 10.0. The van der Waals surface area contributed by atoms with Crippen LogP contribution in [-0.2, 0) is 17.9 Å². The van der Waals surface area contributed by atoms with E-state index in [2.05, 4.69) is 29.6 Å². The molecule has 0 unspecified atom stereocenters. The summed E-state index contributed by atoms with van der Waals surface area (Å²) in [7, 11) is 0. The van der Waals surface area contributed by atoms with Crippen molar-refractivity contribution in [2.45, 2.75) is 38.2 Å². The van der Waals surface area contributed by atoms with Gasteiger partial charge in [0, 0.05) is 31.0 Å². The third-order valence-electron chi connectivity index (χ3n) is 6.94. The molecule has 2 saturated carbocycles. The predicted molar refractivity (Wildman–Crippen MR) is 103 cm³/mol. The van der Waals surface area contributed by atoms with Crippen LogP contribution < -0.4 is 5.32 Å². The molecule has 0 radical (unpaired) electrons. The minimum atomic E-state index is -0.654. The first kappa shape index (κ1) is 17.0. The van der Waals surface area contributed by atoms with Crippen LogP contribution in [0.25, 0.3) is 0 Å². The van der Waals surface area contributed by atoms with Gasteiger partial charge in [-0.05, 0) is 35.8 Å². The van der Waals surface area contributed by atoms with Gasteiger partial charge in [0.25, 0.3) is 0 Å². The maximum Gasteiger partial charge on any atom is 0.228 e. The molecule has 1 heterocycles. The normalized spacial score (nSPS) is 34.3. The summed E-state index contributed by atoms with van der Waals surface area (Å²) in [5.74, 6) is 0.953. The molecule has 2 N–H and O–H groups in total. The number of hydrogen-bond acceptors (Lipinski definition) is 3. The average molecular weight is 362 g/mol. The number of amides is 1. The fourth-order valence-electron chi connectivity index (χ4n) is 5.82. The van der Waals surface area contributed by atoms with E-state index >= 15 is 0 Å². The lowest BCUT2D eigenvalue weighted by Crippen LogP contribution is -2.41. The lowest BCUT2D eigenvalue weighted by Gasteiger charge is -2.28. The largest absolute Gasteiger partial charge is 0.373 e. The van der Waals surface area contributed by atoms with E-state index < -0.39 is 6.23 Å². The van der Waals surface area contributed by atoms with Crippen molar-refractivity contribution in [1.82, 2.24) is 10.2 Å². The molecule has 6 atom stereocenters. The number of nitrogens with zero attached hydrogens (tertiary/aromatic N) is 1. The van der Waals surface area contributed by atoms with Crippen LogP contribution in [0.4, 0.5) is 0 Å². The van der Waals surface area contributed by atoms with Crippen LogP contribution in [0.5, 0.6) is 0 Å². The van der Waals surface area contributed by atoms with Gasteiger partial charge in [-0.1, -0.05) is 60.7 Å². The molecular weight excluding hydrogens is 336 g/mol. The molecule has 1 saturated heterocycles. The van der Waals surface area contributed by atoms with E-state index in [0.717, 1.165) is 24.9 Å². The SMILES string of the molecule is O=C1[C@@H]2[C@H]3CC[C@@H]([C@@H]3NCc3ccccc3)[C@@H]2[C@H](O)N1Cc1ccccc1. The number of fused-ring (bicyclic) bond motifs is 5. The van der Waals surface area contributed by atoms with Gasteiger partial charge in [0.05, 0.1) is 0 Å². The summed E-state index contributed by atoms with van der Waals surface area (Å²) in [4.78, 5) is 14.9. The van der Waals surface area contributed by atoms with Crippen molar-refractivity contribution in [2.75, 3.05) is 0 Å². The molecule has 1 aliphatic heterocycles. The zero-order chi connectivity index (χ0) is 18.4. The van der Waals surface area contributed by atoms with Crippen LogP contribution >= 0.6 is 0 Å². The third kappa shape index (κ3) is 2.79. The van der Waals surface area contributed by atoms with Gasteiger partial charge in [0.15, 0.2) is 0 Å². The van der Waals surface area contributed by atoms with E-state index in [0.29, 0.717) is 24.4 Å². The van der Waals surface area contributed by atoms with Gasteiger partial charge < -0.3 is 15.3 Å². The molecular formula is C23H26N2O2. The summed E-state index contributed by atoms with van der Waals surface area (Å²) < 4.78 is 0. The highest BCUT2D eigenvalue weighted by atomic mass is 16.3. The molecule has 27 heavy (non-hydrogen) atoms. The minimum Gasteiger partial charge on any atom is -0.373 e. The van der Waals surface area contributed by atoms with Crippen molar-refractivity contribution in [3.63, 3.8) is 0 Å². The van der Waals surface area contributed by atoms with Gasteiger partial charge >= 0.3 is 0 Å². The van der Waals surface area contributed by atoms with E-state index in [9.17, 15) is 9.90 Å². The van der Waals surface area contributed by atoms with Gasteiger partial charge in [0.2, 0.25) is 5.91 Å². The van der Waals surface area contributed by atoms with Crippen LogP contribution in [0.2, 0.25) is 0 Å². The molecule has 0 spiro atoms. The summed E-state index contributed by atoms with van der Waals surface area (Å²) in [6.45, 7) is 1.34. The molecule has 2 aromatic carbocycles. The topological polar surface area (TPSA) is 52.6 Å². The minimum absolute atomic E-state index is 0.0178. The molecule has 0 aromatic heterocycles. The highest BCUT2D eigenvalue weighted by Gasteiger charge is 2.64. The molecule has 4 nitrogen and oxygen atoms in total. The first-order valence-corrected chi connectivity index (χ1v) is 10.0. The lowest BCUT2D eigenvalue weighted by molar-refractivity contribution is -0.137. The fourth-order valence-corrected chi connectivity index (χ4v) is 5.82. The van der Waals surface area contributed by atoms with Gasteiger partial charge in [-0.3, -0.25) is 4.79 Å². The van der Waals surface area contributed by atoms with Crippen LogP contribution in [0.15, 0.2) is 60.7 Å². The van der Waals surface area contributed by atoms with Crippen molar-refractivity contribution in [1.29, 1.82) is 0 Å². The molecule has 140 valence electrons. The molecule has 2 aromatic rings. The average Bonchev–Trinajstić information content (AvgIpc) is 3.33. The monoisotopic (exact) mass is 362 g/mol. The summed E-state index contributed by atoms with van der Waals surface area (Å²) >= 11 is 0. The van der Waals surface area contributed by atoms with Crippen molar-refractivity contribution in [2.24, 2.45) is 23.7 Å². The quantitative estimate of drug-likeness (QED) is 0.860. The number of carbonyl (C=O) groups is 1. The smallest absolute Gasteiger partial charge is 0.228 e. The Hall–Kier alpha value is -2.17. The number of aliphatic hydroxyl groups excluding tert-OH is 1. The lowest BCUT2D eigenvalue weighted by atomic mass is 9.81. The third-order valence-corrected chi connectivity index (χ3v) is 6.94. The van der Waals surface area contributed by atoms with Crippen molar-refractivity contribution in [3.05, 3.63) is 71.8 Å². The number of benzene rings is 2. The fraction of sp³-hybridized carbons (Fsp3) is 0.435. The highest BCUT2D eigenvalue weighted by Crippen LogP contribution is 2.57. The molecule has 4 heteroatoms. The number of carbonyl (C=O) groups excluding carboxylic acids is 1. The van der Waals surface area contributed by atoms with Crippen molar-refractivity contribution >= 4 is 5.91 Å². The molecule has 2 aliphatic carbocycles. The second-order valence-corrected chi connectivity index (χ2v) is 8.27. The highest BCUT2D eigenvalue weighted by molar-refractivity contribution is 5.83. The second kappa shape index (κ2) is 6.77. The molecule has 2 bridgehead atoms. The van der Waals surface area contributed by atoms with Crippen LogP contribution in [-0.4, -0.2) is 28.2 Å². The van der Waals surface area contributed by atoms with Crippen molar-refractivity contribution in [3.8, 4) is 0 Å². The summed E-state index contributed by atoms with van der Waals surface area (Å²) in [6, 6.07) is 20.7. The summed E-state index contributed by atoms with van der Waals surface area (Å²) in [5, 5.41) is 14.7. The van der Waals surface area contributed by atoms with Crippen LogP contribution in [0, 0.1) is 23.7 Å². The van der Waals surface area contributed by atoms with Gasteiger partial charge in [-0.25, -0.2) is 0 Å². The summed E-state index contributed by atoms with van der Waals surface area (Å²) in [6.07, 6.45) is 1.55. The first-order chi connectivity index (χ1) is 13.2. The van der Waals surface area contributed by atoms with Crippen molar-refractivity contribution < 1.29 is 9.90 Å². The number of hydrogen-bond donors (Lipinski definition) is 2. The number of likely N-dealkylation sites (tertiary alicyclic amines) is 1. The molecule has 1 amide bonds. The Morgan fingerprint density at radius 2 is 1.56 bits per heavy atom. The maximum absolute atomic E-state index is 13.1. The number of rotatable bonds is 5. The maximum atomic E-state index is 13.1. The van der Waals surface area contributed by atoms with Gasteiger partial charge in [0.1, 0.15) is 6.23 Å². The number of aliphatic hydroxyl groups is 1. The number of nitrogens with one attached hydrogen (secondary N) is 1. The van der Waals surface area contributed by atoms with Gasteiger partial charge in [-0.2, -0.15) is 0 Å². The molecule has 3 fully saturated rings. The zero-order valence-corrected chi connectivity index (χ0v) is 15.4. The molecule has 5 rings (SSSR count). The second-order valence-electron chi connectivity index (χ2n) is 8.27. The zero-order valence-electron chi connectivity index (χ0n) is 15.4. The van der Waals surface area contributed by atoms with Crippen LogP contribution in [0.1, 0.15) is 24.0 Å². The Bertz CT molecular complexity index is 810. The standard InChI is InChI=1S/C23H26N2O2/c26-22-19-17-11-12-18(21(17)24-13-15-7-3-1-4-8-15)20(19)23(27)25(22)14-16-9-5-2-6-10-16/h1-10,17-22,24,26H,11-14H2/t17-,18-,19+,20-,21+,22+/m1/s1. The van der Waals surface area contributed by atoms with E-state index in [4.69, 9.17) is 0 Å². The van der Waals surface area contributed by atoms with Crippen LogP contribution in [0.3, 0.4) is 0 Å². The van der Waals surface area contributed by atoms with E-state index in [-0.39, 0.29) is 17.7 Å². The Morgan fingerprint density at radius 1 is 0.926 bits per heavy atom. The Kier molecular flexibility index (Phi) is 4.25. The van der Waals surface area contributed by atoms with E-state index in [1.165, 1.54) is 5.56 Å². The Balaban J connectivity index is 1.31. The van der Waals surface area contributed by atoms with Gasteiger partial charge in [-0.15, -0.1) is 0 Å². The predicted octanol–water partition coefficient (Wildman–Crippen LogP) is 2.78. The Labute approximate surface area is 160 Å². The van der Waals surface area contributed by atoms with E-state index in [1.807, 2.05) is 36.4 Å². The Morgan fingerprint density at radius 3 is 2.22 bits per heavy atom. The summed E-state index contributed by atoms with van der Waals surface area (Å²) in [5.41, 5.74) is 2.35. The molecule has 3 aliphatic rings.